The molecule has 1 amide bonds. The van der Waals surface area contributed by atoms with Gasteiger partial charge in [0, 0.05) is 0 Å². The Hall–Kier alpha value is -3.07. The minimum absolute atomic E-state index is 0.0514. The van der Waals surface area contributed by atoms with E-state index in [4.69, 9.17) is 4.42 Å². The molecule has 0 aliphatic carbocycles. The molecule has 2 aromatic heterocycles. The lowest BCUT2D eigenvalue weighted by Crippen LogP contribution is -3.15. The first-order chi connectivity index (χ1) is 14.1. The Kier molecular flexibility index (Phi) is 5.39. The summed E-state index contributed by atoms with van der Waals surface area (Å²) in [6.45, 7) is 6.38. The molecule has 1 fully saturated rings. The summed E-state index contributed by atoms with van der Waals surface area (Å²) >= 11 is 0. The SMILES string of the molecule is CC(C)n1nnnc1[C@H](c1ccccc1F)[NH+]1CCN(C(=O)c2ccco2)CC1. The van der Waals surface area contributed by atoms with Gasteiger partial charge in [0.05, 0.1) is 44.0 Å². The number of hydrogen-bond acceptors (Lipinski definition) is 5. The van der Waals surface area contributed by atoms with Crippen LogP contribution in [0.15, 0.2) is 47.1 Å². The quantitative estimate of drug-likeness (QED) is 0.695. The molecule has 0 spiro atoms. The number of tetrazole rings is 1. The van der Waals surface area contributed by atoms with Crippen LogP contribution < -0.4 is 4.90 Å². The lowest BCUT2D eigenvalue weighted by atomic mass is 10.0. The smallest absolute Gasteiger partial charge is 0.289 e. The van der Waals surface area contributed by atoms with Crippen LogP contribution in [0, 0.1) is 5.82 Å². The largest absolute Gasteiger partial charge is 0.459 e. The lowest BCUT2D eigenvalue weighted by molar-refractivity contribution is -0.930. The van der Waals surface area contributed by atoms with Crippen molar-refractivity contribution >= 4 is 5.91 Å². The van der Waals surface area contributed by atoms with Gasteiger partial charge in [0.25, 0.3) is 5.91 Å². The fourth-order valence-electron chi connectivity index (χ4n) is 3.85. The van der Waals surface area contributed by atoms with Crippen molar-refractivity contribution in [3.8, 4) is 0 Å². The van der Waals surface area contributed by atoms with Crippen LogP contribution >= 0.6 is 0 Å². The van der Waals surface area contributed by atoms with Gasteiger partial charge in [-0.1, -0.05) is 12.1 Å². The normalized spacial score (nSPS) is 16.3. The molecule has 1 atom stereocenters. The van der Waals surface area contributed by atoms with E-state index in [0.29, 0.717) is 43.3 Å². The van der Waals surface area contributed by atoms with Crippen LogP contribution in [0.1, 0.15) is 47.9 Å². The maximum absolute atomic E-state index is 14.7. The van der Waals surface area contributed by atoms with Gasteiger partial charge < -0.3 is 14.2 Å². The number of hydrogen-bond donors (Lipinski definition) is 1. The van der Waals surface area contributed by atoms with Gasteiger partial charge in [-0.2, -0.15) is 0 Å². The molecule has 0 unspecified atom stereocenters. The highest BCUT2D eigenvalue weighted by atomic mass is 19.1. The van der Waals surface area contributed by atoms with Crippen LogP contribution in [-0.2, 0) is 0 Å². The molecule has 1 N–H and O–H groups in total. The van der Waals surface area contributed by atoms with Crippen LogP contribution in [0.25, 0.3) is 0 Å². The van der Waals surface area contributed by atoms with Crippen LogP contribution in [0.5, 0.6) is 0 Å². The van der Waals surface area contributed by atoms with Crippen LogP contribution in [0.4, 0.5) is 4.39 Å². The van der Waals surface area contributed by atoms with Gasteiger partial charge in [-0.3, -0.25) is 4.79 Å². The first-order valence-electron chi connectivity index (χ1n) is 9.75. The van der Waals surface area contributed by atoms with Gasteiger partial charge in [0.1, 0.15) is 5.82 Å². The maximum atomic E-state index is 14.7. The highest BCUT2D eigenvalue weighted by Crippen LogP contribution is 2.22. The van der Waals surface area contributed by atoms with Crippen LogP contribution in [-0.4, -0.2) is 57.2 Å². The topological polar surface area (TPSA) is 81.5 Å². The molecule has 3 heterocycles. The molecule has 4 rings (SSSR count). The second-order valence-corrected chi connectivity index (χ2v) is 7.46. The van der Waals surface area contributed by atoms with Crippen molar-refractivity contribution in [2.24, 2.45) is 0 Å². The Balaban J connectivity index is 1.61. The summed E-state index contributed by atoms with van der Waals surface area (Å²) < 4.78 is 21.7. The minimum Gasteiger partial charge on any atom is -0.459 e. The van der Waals surface area contributed by atoms with Gasteiger partial charge in [0.2, 0.25) is 5.82 Å². The molecule has 0 radical (unpaired) electrons. The summed E-state index contributed by atoms with van der Waals surface area (Å²) in [6, 6.07) is 9.82. The van der Waals surface area contributed by atoms with Gasteiger partial charge in [-0.25, -0.2) is 9.07 Å². The number of benzene rings is 1. The first-order valence-corrected chi connectivity index (χ1v) is 9.75. The second kappa shape index (κ2) is 8.12. The van der Waals surface area contributed by atoms with Crippen molar-refractivity contribution in [3.63, 3.8) is 0 Å². The van der Waals surface area contributed by atoms with Crippen molar-refractivity contribution in [1.29, 1.82) is 0 Å². The third-order valence-corrected chi connectivity index (χ3v) is 5.31. The summed E-state index contributed by atoms with van der Waals surface area (Å²) in [5.41, 5.74) is 0.560. The fraction of sp³-hybridized carbons (Fsp3) is 0.400. The zero-order chi connectivity index (χ0) is 20.4. The molecule has 9 heteroatoms. The number of carbonyl (C=O) groups excluding carboxylic acids is 1. The molecule has 0 bridgehead atoms. The molecule has 8 nitrogen and oxygen atoms in total. The van der Waals surface area contributed by atoms with Crippen molar-refractivity contribution in [3.05, 3.63) is 65.6 Å². The first kappa shape index (κ1) is 19.3. The van der Waals surface area contributed by atoms with E-state index in [0.717, 1.165) is 4.90 Å². The molecule has 1 saturated heterocycles. The molecule has 1 aliphatic heterocycles. The van der Waals surface area contributed by atoms with E-state index in [1.54, 1.807) is 33.8 Å². The number of piperazine rings is 1. The molecule has 1 aliphatic rings. The van der Waals surface area contributed by atoms with E-state index in [1.165, 1.54) is 12.3 Å². The van der Waals surface area contributed by atoms with Crippen LogP contribution in [0.2, 0.25) is 0 Å². The van der Waals surface area contributed by atoms with Crippen LogP contribution in [0.3, 0.4) is 0 Å². The van der Waals surface area contributed by atoms with Gasteiger partial charge >= 0.3 is 0 Å². The average Bonchev–Trinajstić information content (AvgIpc) is 3.42. The van der Waals surface area contributed by atoms with Gasteiger partial charge in [-0.15, -0.1) is 5.10 Å². The average molecular weight is 399 g/mol. The minimum atomic E-state index is -0.352. The number of furan rings is 1. The molecule has 3 aromatic rings. The number of carbonyl (C=O) groups is 1. The predicted octanol–water partition coefficient (Wildman–Crippen LogP) is 1.12. The highest BCUT2D eigenvalue weighted by Gasteiger charge is 2.37. The molecule has 152 valence electrons. The summed E-state index contributed by atoms with van der Waals surface area (Å²) in [5.74, 6) is 0.565. The van der Waals surface area contributed by atoms with E-state index < -0.39 is 0 Å². The molecular formula is C20H24FN6O2+. The second-order valence-electron chi connectivity index (χ2n) is 7.46. The third-order valence-electron chi connectivity index (χ3n) is 5.31. The number of nitrogens with zero attached hydrogens (tertiary/aromatic N) is 5. The zero-order valence-electron chi connectivity index (χ0n) is 16.5. The third kappa shape index (κ3) is 3.77. The molecule has 1 aromatic carbocycles. The van der Waals surface area contributed by atoms with E-state index in [9.17, 15) is 9.18 Å². The zero-order valence-corrected chi connectivity index (χ0v) is 16.5. The summed E-state index contributed by atoms with van der Waals surface area (Å²) in [6.07, 6.45) is 1.49. The van der Waals surface area contributed by atoms with Gasteiger partial charge in [0.15, 0.2) is 11.8 Å². The number of nitrogens with one attached hydrogen (secondary N) is 1. The number of amides is 1. The van der Waals surface area contributed by atoms with Crippen molar-refractivity contribution in [1.82, 2.24) is 25.1 Å². The van der Waals surface area contributed by atoms with E-state index in [-0.39, 0.29) is 23.8 Å². The summed E-state index contributed by atoms with van der Waals surface area (Å²) in [5, 5.41) is 12.2. The lowest BCUT2D eigenvalue weighted by Gasteiger charge is -2.36. The molecule has 0 saturated carbocycles. The van der Waals surface area contributed by atoms with Crippen molar-refractivity contribution < 1.29 is 18.5 Å². The fourth-order valence-corrected chi connectivity index (χ4v) is 3.85. The summed E-state index contributed by atoms with van der Waals surface area (Å²) in [7, 11) is 0. The molecule has 29 heavy (non-hydrogen) atoms. The van der Waals surface area contributed by atoms with Crippen molar-refractivity contribution in [2.45, 2.75) is 25.9 Å². The maximum Gasteiger partial charge on any atom is 0.289 e. The Labute approximate surface area is 167 Å². The number of halogens is 1. The number of rotatable bonds is 5. The Morgan fingerprint density at radius 3 is 2.59 bits per heavy atom. The van der Waals surface area contributed by atoms with Crippen molar-refractivity contribution in [2.75, 3.05) is 26.2 Å². The Morgan fingerprint density at radius 1 is 1.17 bits per heavy atom. The predicted molar refractivity (Wildman–Crippen MR) is 102 cm³/mol. The summed E-state index contributed by atoms with van der Waals surface area (Å²) in [4.78, 5) is 15.5. The Morgan fingerprint density at radius 2 is 1.93 bits per heavy atom. The standard InChI is InChI=1S/C20H23FN6O2/c1-14(2)27-19(22-23-24-27)18(15-6-3-4-7-16(15)21)25-9-11-26(12-10-25)20(28)17-8-5-13-29-17/h3-8,13-14,18H,9-12H2,1-2H3/p+1/t18-/m0/s1. The molecular weight excluding hydrogens is 375 g/mol. The monoisotopic (exact) mass is 399 g/mol. The number of quaternary nitrogens is 1. The van der Waals surface area contributed by atoms with E-state index >= 15 is 0 Å². The van der Waals surface area contributed by atoms with E-state index in [1.807, 2.05) is 19.9 Å². The van der Waals surface area contributed by atoms with E-state index in [2.05, 4.69) is 15.5 Å². The Bertz CT molecular complexity index is 963. The number of aromatic nitrogens is 4. The van der Waals surface area contributed by atoms with Gasteiger partial charge in [-0.05, 0) is 48.5 Å². The highest BCUT2D eigenvalue weighted by molar-refractivity contribution is 5.91.